The van der Waals surface area contributed by atoms with Crippen molar-refractivity contribution in [1.29, 1.82) is 0 Å². The minimum atomic E-state index is 1.14. The summed E-state index contributed by atoms with van der Waals surface area (Å²) in [5, 5.41) is 7.44. The maximum Gasteiger partial charge on any atom is 0.0542 e. The first-order chi connectivity index (χ1) is 28.3. The van der Waals surface area contributed by atoms with Gasteiger partial charge in [0.1, 0.15) is 0 Å². The molecule has 0 radical (unpaired) electrons. The van der Waals surface area contributed by atoms with E-state index in [9.17, 15) is 0 Å². The van der Waals surface area contributed by atoms with E-state index in [4.69, 9.17) is 0 Å². The summed E-state index contributed by atoms with van der Waals surface area (Å²) in [6.07, 6.45) is 0. The Balaban J connectivity index is 1.11. The van der Waals surface area contributed by atoms with Gasteiger partial charge in [0.05, 0.1) is 33.1 Å². The van der Waals surface area contributed by atoms with E-state index in [1.165, 1.54) is 87.7 Å². The van der Waals surface area contributed by atoms with Gasteiger partial charge in [-0.3, -0.25) is 0 Å². The van der Waals surface area contributed by atoms with Gasteiger partial charge in [-0.15, -0.1) is 0 Å². The van der Waals surface area contributed by atoms with Crippen LogP contribution in [-0.2, 0) is 0 Å². The molecule has 0 bridgehead atoms. The van der Waals surface area contributed by atoms with Gasteiger partial charge in [0.2, 0.25) is 0 Å². The Labute approximate surface area is 329 Å². The van der Waals surface area contributed by atoms with Crippen LogP contribution in [0.1, 0.15) is 0 Å². The predicted octanol–water partition coefficient (Wildman–Crippen LogP) is 14.3. The van der Waals surface area contributed by atoms with Crippen molar-refractivity contribution in [3.8, 4) is 39.3 Å². The number of rotatable bonds is 5. The zero-order valence-corrected chi connectivity index (χ0v) is 31.0. The van der Waals surface area contributed by atoms with E-state index in [-0.39, 0.29) is 0 Å². The van der Waals surface area contributed by atoms with Crippen LogP contribution in [-0.4, -0.2) is 13.7 Å². The van der Waals surface area contributed by atoms with Crippen LogP contribution in [0.4, 0.5) is 0 Å². The van der Waals surface area contributed by atoms with Crippen molar-refractivity contribution >= 4 is 65.4 Å². The first-order valence-corrected chi connectivity index (χ1v) is 19.6. The topological polar surface area (TPSA) is 14.8 Å². The molecule has 0 aliphatic heterocycles. The third kappa shape index (κ3) is 4.86. The summed E-state index contributed by atoms with van der Waals surface area (Å²) in [5.41, 5.74) is 15.5. The van der Waals surface area contributed by atoms with Crippen molar-refractivity contribution in [2.75, 3.05) is 0 Å². The monoisotopic (exact) mass is 725 g/mol. The molecule has 0 N–H and O–H groups in total. The molecule has 57 heavy (non-hydrogen) atoms. The Morgan fingerprint density at radius 1 is 0.193 bits per heavy atom. The van der Waals surface area contributed by atoms with Crippen LogP contribution in [0.2, 0.25) is 0 Å². The van der Waals surface area contributed by atoms with Gasteiger partial charge in [-0.05, 0) is 107 Å². The van der Waals surface area contributed by atoms with Crippen LogP contribution in [0, 0.1) is 0 Å². The molecule has 3 aromatic heterocycles. The zero-order chi connectivity index (χ0) is 37.5. The lowest BCUT2D eigenvalue weighted by Gasteiger charge is -2.11. The second kappa shape index (κ2) is 12.5. The summed E-state index contributed by atoms with van der Waals surface area (Å²) in [6.45, 7) is 0. The first-order valence-electron chi connectivity index (χ1n) is 19.6. The Hall–Kier alpha value is -7.62. The van der Waals surface area contributed by atoms with Crippen molar-refractivity contribution in [3.05, 3.63) is 212 Å². The minimum Gasteiger partial charge on any atom is -0.309 e. The van der Waals surface area contributed by atoms with Gasteiger partial charge in [0.25, 0.3) is 0 Å². The van der Waals surface area contributed by atoms with E-state index in [1.807, 2.05) is 0 Å². The molecule has 0 amide bonds. The van der Waals surface area contributed by atoms with E-state index in [0.717, 1.165) is 17.1 Å². The molecule has 0 aliphatic rings. The second-order valence-corrected chi connectivity index (χ2v) is 15.0. The van der Waals surface area contributed by atoms with Crippen LogP contribution in [0.15, 0.2) is 212 Å². The van der Waals surface area contributed by atoms with Gasteiger partial charge in [-0.2, -0.15) is 0 Å². The van der Waals surface area contributed by atoms with E-state index in [1.54, 1.807) is 0 Å². The van der Waals surface area contributed by atoms with Crippen molar-refractivity contribution < 1.29 is 0 Å². The second-order valence-electron chi connectivity index (χ2n) is 15.0. The SMILES string of the molecule is c1ccc(-c2ccc3c(c2)c2ccccc2n3-c2ccc3c(c2)c2cc(-n4c5ccccc5c5cc(-c6ccccc6)ccc54)ccc2n3-c2ccccc2)cc1. The maximum absolute atomic E-state index is 2.44. The molecule has 0 fully saturated rings. The number of hydrogen-bond acceptors (Lipinski definition) is 0. The van der Waals surface area contributed by atoms with Crippen LogP contribution >= 0.6 is 0 Å². The molecule has 266 valence electrons. The van der Waals surface area contributed by atoms with Gasteiger partial charge in [-0.1, -0.05) is 127 Å². The van der Waals surface area contributed by atoms with Crippen LogP contribution in [0.5, 0.6) is 0 Å². The highest BCUT2D eigenvalue weighted by molar-refractivity contribution is 6.14. The van der Waals surface area contributed by atoms with Crippen LogP contribution < -0.4 is 0 Å². The van der Waals surface area contributed by atoms with Gasteiger partial charge in [-0.25, -0.2) is 0 Å². The molecule has 0 saturated carbocycles. The fourth-order valence-corrected chi connectivity index (χ4v) is 9.26. The number of nitrogens with zero attached hydrogens (tertiary/aromatic N) is 3. The predicted molar refractivity (Wildman–Crippen MR) is 240 cm³/mol. The molecule has 0 aliphatic carbocycles. The summed E-state index contributed by atoms with van der Waals surface area (Å²) in [6, 6.07) is 77.5. The number of fused-ring (bicyclic) bond motifs is 9. The van der Waals surface area contributed by atoms with Gasteiger partial charge in [0.15, 0.2) is 0 Å². The molecular weight excluding hydrogens is 691 g/mol. The molecule has 0 saturated heterocycles. The van der Waals surface area contributed by atoms with Gasteiger partial charge >= 0.3 is 0 Å². The molecule has 3 heterocycles. The third-order valence-electron chi connectivity index (χ3n) is 11.8. The van der Waals surface area contributed by atoms with Crippen molar-refractivity contribution in [3.63, 3.8) is 0 Å². The minimum absolute atomic E-state index is 1.14. The van der Waals surface area contributed by atoms with Crippen LogP contribution in [0.25, 0.3) is 105 Å². The molecule has 3 heteroatoms. The quantitative estimate of drug-likeness (QED) is 0.168. The number of benzene rings is 9. The van der Waals surface area contributed by atoms with Gasteiger partial charge < -0.3 is 13.7 Å². The normalized spacial score (nSPS) is 11.9. The summed E-state index contributed by atoms with van der Waals surface area (Å²) in [4.78, 5) is 0. The van der Waals surface area contributed by atoms with E-state index < -0.39 is 0 Å². The van der Waals surface area contributed by atoms with Crippen molar-refractivity contribution in [1.82, 2.24) is 13.7 Å². The lowest BCUT2D eigenvalue weighted by molar-refractivity contribution is 1.16. The Bertz CT molecular complexity index is 3280. The largest absolute Gasteiger partial charge is 0.309 e. The highest BCUT2D eigenvalue weighted by Crippen LogP contribution is 2.40. The van der Waals surface area contributed by atoms with E-state index in [2.05, 4.69) is 226 Å². The maximum atomic E-state index is 2.44. The number of aromatic nitrogens is 3. The fourth-order valence-electron chi connectivity index (χ4n) is 9.26. The molecule has 0 unspecified atom stereocenters. The lowest BCUT2D eigenvalue weighted by atomic mass is 10.0. The number of para-hydroxylation sites is 3. The highest BCUT2D eigenvalue weighted by atomic mass is 15.0. The molecule has 12 rings (SSSR count). The van der Waals surface area contributed by atoms with Crippen molar-refractivity contribution in [2.24, 2.45) is 0 Å². The summed E-state index contributed by atoms with van der Waals surface area (Å²) in [7, 11) is 0. The Kier molecular flexibility index (Phi) is 6.93. The molecule has 9 aromatic carbocycles. The first kappa shape index (κ1) is 31.7. The lowest BCUT2D eigenvalue weighted by Crippen LogP contribution is -1.96. The third-order valence-corrected chi connectivity index (χ3v) is 11.8. The van der Waals surface area contributed by atoms with Crippen molar-refractivity contribution in [2.45, 2.75) is 0 Å². The Morgan fingerprint density at radius 2 is 0.526 bits per heavy atom. The van der Waals surface area contributed by atoms with Crippen LogP contribution in [0.3, 0.4) is 0 Å². The van der Waals surface area contributed by atoms with Gasteiger partial charge in [0, 0.05) is 49.4 Å². The smallest absolute Gasteiger partial charge is 0.0542 e. The Morgan fingerprint density at radius 3 is 0.982 bits per heavy atom. The molecule has 0 atom stereocenters. The molecule has 0 spiro atoms. The summed E-state index contributed by atoms with van der Waals surface area (Å²) < 4.78 is 7.28. The number of hydrogen-bond donors (Lipinski definition) is 0. The zero-order valence-electron chi connectivity index (χ0n) is 31.0. The molecule has 12 aromatic rings. The summed E-state index contributed by atoms with van der Waals surface area (Å²) >= 11 is 0. The fraction of sp³-hybridized carbons (Fsp3) is 0. The molecule has 3 nitrogen and oxygen atoms in total. The van der Waals surface area contributed by atoms with E-state index >= 15 is 0 Å². The highest BCUT2D eigenvalue weighted by Gasteiger charge is 2.19. The standard InChI is InChI=1S/C54H35N3/c1-4-14-36(15-5-1)38-24-28-51-45(32-38)43-20-10-12-22-49(43)56(51)41-26-30-53-47(34-41)48-35-42(27-31-54(48)55(53)40-18-8-3-9-19-40)57-50-23-13-11-21-44(50)46-33-39(25-29-52(46)57)37-16-6-2-7-17-37/h1-35H. The average molecular weight is 726 g/mol. The van der Waals surface area contributed by atoms with E-state index in [0.29, 0.717) is 0 Å². The average Bonchev–Trinajstić information content (AvgIpc) is 3.92. The molecular formula is C54H35N3. The summed E-state index contributed by atoms with van der Waals surface area (Å²) in [5.74, 6) is 0.